The SMILES string of the molecule is Cc1ccc(C2=CC3(C=C2c2ccc(S(=O)(=O)C(F)(F)F)cc2)CC3)cc1C(F)(F)F. The summed E-state index contributed by atoms with van der Waals surface area (Å²) in [4.78, 5) is -0.885. The van der Waals surface area contributed by atoms with Gasteiger partial charge < -0.3 is 0 Å². The monoisotopic (exact) mass is 458 g/mol. The zero-order valence-corrected chi connectivity index (χ0v) is 16.9. The highest BCUT2D eigenvalue weighted by Crippen LogP contribution is 2.58. The highest BCUT2D eigenvalue weighted by molar-refractivity contribution is 7.92. The Hall–Kier alpha value is -2.55. The van der Waals surface area contributed by atoms with E-state index in [9.17, 15) is 34.8 Å². The Morgan fingerprint density at radius 2 is 1.32 bits per heavy atom. The van der Waals surface area contributed by atoms with Crippen LogP contribution < -0.4 is 0 Å². The van der Waals surface area contributed by atoms with Crippen molar-refractivity contribution in [3.05, 3.63) is 76.9 Å². The van der Waals surface area contributed by atoms with E-state index in [0.717, 1.165) is 31.0 Å². The van der Waals surface area contributed by atoms with Crippen LogP contribution in [0, 0.1) is 12.3 Å². The molecule has 4 rings (SSSR count). The molecule has 2 aromatic rings. The van der Waals surface area contributed by atoms with E-state index in [2.05, 4.69) is 0 Å². The lowest BCUT2D eigenvalue weighted by Crippen LogP contribution is -2.23. The maximum atomic E-state index is 13.4. The Labute approximate surface area is 174 Å². The predicted octanol–water partition coefficient (Wildman–Crippen LogP) is 6.57. The summed E-state index contributed by atoms with van der Waals surface area (Å²) < 4.78 is 102. The van der Waals surface area contributed by atoms with Gasteiger partial charge in [0.15, 0.2) is 0 Å². The third-order valence-corrected chi connectivity index (χ3v) is 7.12. The summed E-state index contributed by atoms with van der Waals surface area (Å²) in [5.41, 5.74) is -4.45. The van der Waals surface area contributed by atoms with Crippen LogP contribution in [0.3, 0.4) is 0 Å². The number of halogens is 6. The van der Waals surface area contributed by atoms with Gasteiger partial charge in [-0.05, 0) is 65.8 Å². The second-order valence-electron chi connectivity index (χ2n) is 7.85. The molecular weight excluding hydrogens is 442 g/mol. The summed E-state index contributed by atoms with van der Waals surface area (Å²) in [6.07, 6.45) is 0.890. The molecule has 9 heteroatoms. The standard InChI is InChI=1S/C22H16F6O2S/c1-13-2-3-15(10-19(13)21(23,24)25)18-12-20(8-9-20)11-17(18)14-4-6-16(7-5-14)31(29,30)22(26,27)28/h2-7,10-12H,8-9H2,1H3. The van der Waals surface area contributed by atoms with Gasteiger partial charge in [0.2, 0.25) is 0 Å². The van der Waals surface area contributed by atoms with E-state index >= 15 is 0 Å². The fourth-order valence-electron chi connectivity index (χ4n) is 3.72. The first kappa shape index (κ1) is 21.7. The molecule has 31 heavy (non-hydrogen) atoms. The largest absolute Gasteiger partial charge is 0.501 e. The van der Waals surface area contributed by atoms with Gasteiger partial charge >= 0.3 is 11.7 Å². The Balaban J connectivity index is 1.76. The number of allylic oxidation sites excluding steroid dienone is 4. The molecule has 164 valence electrons. The molecule has 0 radical (unpaired) electrons. The number of aryl methyl sites for hydroxylation is 1. The summed E-state index contributed by atoms with van der Waals surface area (Å²) in [7, 11) is -5.48. The minimum absolute atomic E-state index is 0.0863. The molecule has 0 bridgehead atoms. The number of alkyl halides is 6. The third kappa shape index (κ3) is 3.79. The van der Waals surface area contributed by atoms with Crippen LogP contribution >= 0.6 is 0 Å². The molecule has 1 fully saturated rings. The van der Waals surface area contributed by atoms with Crippen molar-refractivity contribution in [3.63, 3.8) is 0 Å². The zero-order chi connectivity index (χ0) is 22.8. The van der Waals surface area contributed by atoms with Crippen LogP contribution in [-0.2, 0) is 16.0 Å². The van der Waals surface area contributed by atoms with Crippen molar-refractivity contribution in [2.24, 2.45) is 5.41 Å². The van der Waals surface area contributed by atoms with E-state index in [-0.39, 0.29) is 11.0 Å². The van der Waals surface area contributed by atoms with E-state index in [1.165, 1.54) is 25.1 Å². The van der Waals surface area contributed by atoms with Crippen molar-refractivity contribution >= 4 is 21.0 Å². The fourth-order valence-corrected chi connectivity index (χ4v) is 4.49. The van der Waals surface area contributed by atoms with Crippen molar-refractivity contribution in [3.8, 4) is 0 Å². The van der Waals surface area contributed by atoms with Crippen molar-refractivity contribution < 1.29 is 34.8 Å². The zero-order valence-electron chi connectivity index (χ0n) is 16.1. The van der Waals surface area contributed by atoms with Crippen LogP contribution in [0.15, 0.2) is 59.5 Å². The van der Waals surface area contributed by atoms with Crippen LogP contribution in [0.2, 0.25) is 0 Å². The van der Waals surface area contributed by atoms with Gasteiger partial charge in [-0.3, -0.25) is 0 Å². The Bertz CT molecular complexity index is 1210. The van der Waals surface area contributed by atoms with Crippen LogP contribution in [0.5, 0.6) is 0 Å². The summed E-state index contributed by atoms with van der Waals surface area (Å²) in [5, 5.41) is 0. The third-order valence-electron chi connectivity index (χ3n) is 5.62. The minimum Gasteiger partial charge on any atom is -0.214 e. The predicted molar refractivity (Wildman–Crippen MR) is 103 cm³/mol. The van der Waals surface area contributed by atoms with Gasteiger partial charge in [0.05, 0.1) is 10.5 Å². The van der Waals surface area contributed by atoms with Crippen LogP contribution in [-0.4, -0.2) is 13.9 Å². The molecule has 0 aromatic heterocycles. The van der Waals surface area contributed by atoms with Gasteiger partial charge in [0.1, 0.15) is 0 Å². The van der Waals surface area contributed by atoms with E-state index in [1.807, 2.05) is 12.2 Å². The average molecular weight is 458 g/mol. The first-order valence-corrected chi connectivity index (χ1v) is 10.8. The maximum absolute atomic E-state index is 13.4. The first-order chi connectivity index (χ1) is 14.2. The molecule has 0 N–H and O–H groups in total. The first-order valence-electron chi connectivity index (χ1n) is 9.30. The Morgan fingerprint density at radius 1 is 0.806 bits per heavy atom. The number of hydrogen-bond acceptors (Lipinski definition) is 2. The molecule has 0 unspecified atom stereocenters. The highest BCUT2D eigenvalue weighted by Gasteiger charge is 2.47. The molecule has 1 spiro atoms. The van der Waals surface area contributed by atoms with E-state index in [4.69, 9.17) is 0 Å². The molecule has 0 aliphatic heterocycles. The van der Waals surface area contributed by atoms with Gasteiger partial charge in [0, 0.05) is 5.41 Å². The fraction of sp³-hybridized carbons (Fsp3) is 0.273. The van der Waals surface area contributed by atoms with E-state index < -0.39 is 32.0 Å². The van der Waals surface area contributed by atoms with Crippen LogP contribution in [0.4, 0.5) is 26.3 Å². The molecule has 0 saturated heterocycles. The minimum atomic E-state index is -5.48. The van der Waals surface area contributed by atoms with Gasteiger partial charge in [-0.25, -0.2) is 8.42 Å². The maximum Gasteiger partial charge on any atom is 0.501 e. The quantitative estimate of drug-likeness (QED) is 0.488. The lowest BCUT2D eigenvalue weighted by atomic mass is 9.92. The molecular formula is C22H16F6O2S. The summed E-state index contributed by atoms with van der Waals surface area (Å²) in [5.74, 6) is 0. The molecule has 0 atom stereocenters. The lowest BCUT2D eigenvalue weighted by Gasteiger charge is -2.15. The smallest absolute Gasteiger partial charge is 0.214 e. The normalized spacial score (nSPS) is 18.2. The molecule has 2 nitrogen and oxygen atoms in total. The number of benzene rings is 2. The molecule has 0 heterocycles. The molecule has 0 amide bonds. The summed E-state index contributed by atoms with van der Waals surface area (Å²) >= 11 is 0. The van der Waals surface area contributed by atoms with Crippen LogP contribution in [0.25, 0.3) is 11.1 Å². The van der Waals surface area contributed by atoms with Gasteiger partial charge in [-0.1, -0.05) is 36.4 Å². The van der Waals surface area contributed by atoms with Crippen molar-refractivity contribution in [2.75, 3.05) is 0 Å². The Morgan fingerprint density at radius 3 is 1.81 bits per heavy atom. The Kier molecular flexibility index (Phi) is 4.70. The number of rotatable bonds is 3. The lowest BCUT2D eigenvalue weighted by molar-refractivity contribution is -0.138. The molecule has 1 saturated carbocycles. The molecule has 2 aromatic carbocycles. The van der Waals surface area contributed by atoms with Gasteiger partial charge in [0.25, 0.3) is 9.84 Å². The molecule has 2 aliphatic rings. The highest BCUT2D eigenvalue weighted by atomic mass is 32.2. The van der Waals surface area contributed by atoms with Gasteiger partial charge in [-0.2, -0.15) is 26.3 Å². The van der Waals surface area contributed by atoms with Crippen molar-refractivity contribution in [2.45, 2.75) is 36.3 Å². The summed E-state index contributed by atoms with van der Waals surface area (Å²) in [6, 6.07) is 8.26. The van der Waals surface area contributed by atoms with E-state index in [0.29, 0.717) is 22.3 Å². The average Bonchev–Trinajstić information content (AvgIpc) is 3.31. The van der Waals surface area contributed by atoms with Crippen molar-refractivity contribution in [1.82, 2.24) is 0 Å². The topological polar surface area (TPSA) is 34.1 Å². The second-order valence-corrected chi connectivity index (χ2v) is 9.79. The molecule has 2 aliphatic carbocycles. The van der Waals surface area contributed by atoms with Crippen molar-refractivity contribution in [1.29, 1.82) is 0 Å². The second kappa shape index (κ2) is 6.72. The summed E-state index contributed by atoms with van der Waals surface area (Å²) in [6.45, 7) is 1.37. The van der Waals surface area contributed by atoms with Crippen LogP contribution in [0.1, 0.15) is 35.1 Å². The van der Waals surface area contributed by atoms with Gasteiger partial charge in [-0.15, -0.1) is 0 Å². The number of sulfone groups is 1. The number of hydrogen-bond donors (Lipinski definition) is 0. The van der Waals surface area contributed by atoms with E-state index in [1.54, 1.807) is 6.07 Å².